The van der Waals surface area contributed by atoms with Gasteiger partial charge in [-0.05, 0) is 22.6 Å². The molecule has 0 atom stereocenters. The summed E-state index contributed by atoms with van der Waals surface area (Å²) in [4.78, 5) is 0. The molecule has 1 aromatic carbocycles. The highest BCUT2D eigenvalue weighted by Crippen LogP contribution is 2.07. The van der Waals surface area contributed by atoms with E-state index in [4.69, 9.17) is 4.74 Å². The molecular weight excluding hydrogens is 206 g/mol. The molecule has 0 spiro atoms. The second-order valence-corrected chi connectivity index (χ2v) is 3.21. The van der Waals surface area contributed by atoms with Crippen molar-refractivity contribution in [1.82, 2.24) is 20.2 Å². The summed E-state index contributed by atoms with van der Waals surface area (Å²) in [5, 5.41) is 14.1. The summed E-state index contributed by atoms with van der Waals surface area (Å²) in [5.74, 6) is 1.50. The highest BCUT2D eigenvalue weighted by Gasteiger charge is 1.99. The Kier molecular flexibility index (Phi) is 3.32. The van der Waals surface area contributed by atoms with Crippen LogP contribution in [-0.4, -0.2) is 33.4 Å². The van der Waals surface area contributed by atoms with Crippen LogP contribution in [0.2, 0.25) is 0 Å². The summed E-state index contributed by atoms with van der Waals surface area (Å²) in [7, 11) is 1.78. The number of rotatable bonds is 5. The van der Waals surface area contributed by atoms with Crippen LogP contribution >= 0.6 is 0 Å². The second kappa shape index (κ2) is 5.11. The van der Waals surface area contributed by atoms with Crippen molar-refractivity contribution in [1.29, 1.82) is 0 Å². The zero-order chi connectivity index (χ0) is 11.2. The number of hydrogen-bond donors (Lipinski definition) is 1. The first-order valence-corrected chi connectivity index (χ1v) is 5.00. The monoisotopic (exact) mass is 219 g/mol. The molecule has 1 aromatic heterocycles. The van der Waals surface area contributed by atoms with Gasteiger partial charge in [0, 0.05) is 7.05 Å². The first kappa shape index (κ1) is 10.4. The van der Waals surface area contributed by atoms with Gasteiger partial charge in [-0.15, -0.1) is 0 Å². The minimum atomic E-state index is 0.566. The van der Waals surface area contributed by atoms with Gasteiger partial charge in [-0.1, -0.05) is 23.3 Å². The lowest BCUT2D eigenvalue weighted by Gasteiger charge is -2.06. The van der Waals surface area contributed by atoms with Crippen molar-refractivity contribution < 1.29 is 4.74 Å². The Bertz CT molecular complexity index is 428. The summed E-state index contributed by atoms with van der Waals surface area (Å²) in [5.41, 5.74) is 0. The van der Waals surface area contributed by atoms with Gasteiger partial charge in [-0.3, -0.25) is 0 Å². The number of aromatic nitrogens is 4. The van der Waals surface area contributed by atoms with E-state index in [0.717, 1.165) is 5.75 Å². The highest BCUT2D eigenvalue weighted by atomic mass is 16.5. The van der Waals surface area contributed by atoms with E-state index in [1.165, 1.54) is 0 Å². The van der Waals surface area contributed by atoms with Crippen molar-refractivity contribution in [3.8, 4) is 5.75 Å². The van der Waals surface area contributed by atoms with Crippen LogP contribution in [0.4, 0.5) is 5.95 Å². The summed E-state index contributed by atoms with van der Waals surface area (Å²) in [6.07, 6.45) is 0. The van der Waals surface area contributed by atoms with Gasteiger partial charge in [0.05, 0.1) is 6.54 Å². The maximum Gasteiger partial charge on any atom is 0.242 e. The van der Waals surface area contributed by atoms with E-state index in [2.05, 4.69) is 20.8 Å². The van der Waals surface area contributed by atoms with E-state index in [0.29, 0.717) is 19.1 Å². The molecule has 1 N–H and O–H groups in total. The molecular formula is C10H13N5O. The van der Waals surface area contributed by atoms with Gasteiger partial charge < -0.3 is 10.1 Å². The average molecular weight is 219 g/mol. The van der Waals surface area contributed by atoms with Crippen molar-refractivity contribution in [2.75, 3.05) is 18.5 Å². The van der Waals surface area contributed by atoms with Crippen LogP contribution in [0.25, 0.3) is 0 Å². The molecule has 1 heterocycles. The van der Waals surface area contributed by atoms with Gasteiger partial charge in [0.2, 0.25) is 5.95 Å². The highest BCUT2D eigenvalue weighted by molar-refractivity contribution is 5.22. The van der Waals surface area contributed by atoms with E-state index in [9.17, 15) is 0 Å². The van der Waals surface area contributed by atoms with E-state index in [1.54, 1.807) is 11.7 Å². The third-order valence-electron chi connectivity index (χ3n) is 2.02. The fourth-order valence-corrected chi connectivity index (χ4v) is 1.23. The quantitative estimate of drug-likeness (QED) is 0.750. The van der Waals surface area contributed by atoms with Crippen LogP contribution in [0.15, 0.2) is 30.3 Å². The molecule has 0 bridgehead atoms. The standard InChI is InChI=1S/C10H13N5O/c1-15-10(12-13-14-15)11-7-8-16-9-5-3-2-4-6-9/h2-6H,7-8H2,1H3,(H,11,12,14). The number of nitrogens with zero attached hydrogens (tertiary/aromatic N) is 4. The van der Waals surface area contributed by atoms with Crippen LogP contribution in [0.5, 0.6) is 5.75 Å². The first-order valence-electron chi connectivity index (χ1n) is 5.00. The lowest BCUT2D eigenvalue weighted by atomic mass is 10.3. The van der Waals surface area contributed by atoms with Crippen molar-refractivity contribution in [2.24, 2.45) is 7.05 Å². The van der Waals surface area contributed by atoms with Gasteiger partial charge >= 0.3 is 0 Å². The Labute approximate surface area is 93.2 Å². The van der Waals surface area contributed by atoms with E-state index >= 15 is 0 Å². The largest absolute Gasteiger partial charge is 0.492 e. The minimum Gasteiger partial charge on any atom is -0.492 e. The van der Waals surface area contributed by atoms with E-state index in [1.807, 2.05) is 30.3 Å². The molecule has 0 aliphatic rings. The molecule has 84 valence electrons. The molecule has 0 amide bonds. The van der Waals surface area contributed by atoms with Crippen molar-refractivity contribution in [3.63, 3.8) is 0 Å². The molecule has 6 heteroatoms. The molecule has 0 fully saturated rings. The van der Waals surface area contributed by atoms with Gasteiger partial charge in [0.15, 0.2) is 0 Å². The number of tetrazole rings is 1. The molecule has 0 aliphatic heterocycles. The molecule has 0 radical (unpaired) electrons. The maximum atomic E-state index is 5.50. The molecule has 16 heavy (non-hydrogen) atoms. The van der Waals surface area contributed by atoms with Gasteiger partial charge in [0.1, 0.15) is 12.4 Å². The molecule has 2 aromatic rings. The molecule has 0 unspecified atom stereocenters. The topological polar surface area (TPSA) is 64.9 Å². The fourth-order valence-electron chi connectivity index (χ4n) is 1.23. The van der Waals surface area contributed by atoms with Crippen LogP contribution in [-0.2, 0) is 7.05 Å². The maximum absolute atomic E-state index is 5.50. The third kappa shape index (κ3) is 2.69. The van der Waals surface area contributed by atoms with Crippen LogP contribution in [0.1, 0.15) is 0 Å². The summed E-state index contributed by atoms with van der Waals surface area (Å²) < 4.78 is 7.08. The average Bonchev–Trinajstić information content (AvgIpc) is 2.72. The van der Waals surface area contributed by atoms with Crippen molar-refractivity contribution >= 4 is 5.95 Å². The summed E-state index contributed by atoms with van der Waals surface area (Å²) >= 11 is 0. The lowest BCUT2D eigenvalue weighted by Crippen LogP contribution is -2.14. The smallest absolute Gasteiger partial charge is 0.242 e. The second-order valence-electron chi connectivity index (χ2n) is 3.21. The fraction of sp³-hybridized carbons (Fsp3) is 0.300. The number of nitrogens with one attached hydrogen (secondary N) is 1. The minimum absolute atomic E-state index is 0.566. The number of ether oxygens (including phenoxy) is 1. The van der Waals surface area contributed by atoms with Crippen LogP contribution in [0, 0.1) is 0 Å². The molecule has 0 saturated heterocycles. The van der Waals surface area contributed by atoms with Gasteiger partial charge in [-0.2, -0.15) is 0 Å². The van der Waals surface area contributed by atoms with E-state index < -0.39 is 0 Å². The Morgan fingerprint density at radius 3 is 2.81 bits per heavy atom. The number of benzene rings is 1. The summed E-state index contributed by atoms with van der Waals surface area (Å²) in [6.45, 7) is 1.22. The Balaban J connectivity index is 1.72. The number of para-hydroxylation sites is 1. The SMILES string of the molecule is Cn1nnnc1NCCOc1ccccc1. The van der Waals surface area contributed by atoms with Crippen LogP contribution in [0.3, 0.4) is 0 Å². The summed E-state index contributed by atoms with van der Waals surface area (Å²) in [6, 6.07) is 9.68. The normalized spacial score (nSPS) is 10.1. The number of hydrogen-bond acceptors (Lipinski definition) is 5. The zero-order valence-electron chi connectivity index (χ0n) is 9.00. The van der Waals surface area contributed by atoms with E-state index in [-0.39, 0.29) is 0 Å². The van der Waals surface area contributed by atoms with Crippen LogP contribution < -0.4 is 10.1 Å². The number of anilines is 1. The molecule has 0 aliphatic carbocycles. The Hall–Kier alpha value is -2.11. The lowest BCUT2D eigenvalue weighted by molar-refractivity contribution is 0.332. The van der Waals surface area contributed by atoms with Crippen molar-refractivity contribution in [3.05, 3.63) is 30.3 Å². The number of aryl methyl sites for hydroxylation is 1. The zero-order valence-corrected chi connectivity index (χ0v) is 9.00. The molecule has 0 saturated carbocycles. The van der Waals surface area contributed by atoms with Gasteiger partial charge in [0.25, 0.3) is 0 Å². The predicted octanol–water partition coefficient (Wildman–Crippen LogP) is 0.701. The predicted molar refractivity (Wildman–Crippen MR) is 59.2 cm³/mol. The first-order chi connectivity index (χ1) is 7.86. The molecule has 2 rings (SSSR count). The Morgan fingerprint density at radius 1 is 1.31 bits per heavy atom. The van der Waals surface area contributed by atoms with Gasteiger partial charge in [-0.25, -0.2) is 4.68 Å². The Morgan fingerprint density at radius 2 is 2.12 bits per heavy atom. The van der Waals surface area contributed by atoms with Crippen molar-refractivity contribution in [2.45, 2.75) is 0 Å². The third-order valence-corrected chi connectivity index (χ3v) is 2.02. The molecule has 6 nitrogen and oxygen atoms in total.